The third-order valence-corrected chi connectivity index (χ3v) is 4.53. The lowest BCUT2D eigenvalue weighted by Crippen LogP contribution is -2.10. The number of rotatable bonds is 4. The Balaban J connectivity index is 1.81. The van der Waals surface area contributed by atoms with E-state index < -0.39 is 0 Å². The molecule has 0 atom stereocenters. The monoisotopic (exact) mass is 323 g/mol. The Morgan fingerprint density at radius 3 is 2.95 bits per heavy atom. The number of nitrogens with two attached hydrogens (primary N) is 1. The lowest BCUT2D eigenvalue weighted by molar-refractivity contribution is 1.06. The van der Waals surface area contributed by atoms with Gasteiger partial charge in [0.05, 0.1) is 21.2 Å². The molecule has 3 N–H and O–H groups in total. The SMILES string of the molecule is NNc1nc(CSc2ccc(Cl)cn2)nc2sccc12. The molecule has 8 heteroatoms. The Kier molecular flexibility index (Phi) is 4.02. The largest absolute Gasteiger partial charge is 0.308 e. The number of fused-ring (bicyclic) bond motifs is 1. The van der Waals surface area contributed by atoms with Gasteiger partial charge in [0.1, 0.15) is 10.7 Å². The van der Waals surface area contributed by atoms with Crippen LogP contribution in [0.3, 0.4) is 0 Å². The fourth-order valence-corrected chi connectivity index (χ4v) is 3.25. The van der Waals surface area contributed by atoms with Crippen LogP contribution in [-0.2, 0) is 5.75 Å². The van der Waals surface area contributed by atoms with Crippen LogP contribution in [0.1, 0.15) is 5.82 Å². The Labute approximate surface area is 128 Å². The van der Waals surface area contributed by atoms with Crippen molar-refractivity contribution in [3.63, 3.8) is 0 Å². The van der Waals surface area contributed by atoms with Crippen molar-refractivity contribution in [3.8, 4) is 0 Å². The molecule has 0 spiro atoms. The average molecular weight is 324 g/mol. The fourth-order valence-electron chi connectivity index (χ4n) is 1.66. The summed E-state index contributed by atoms with van der Waals surface area (Å²) in [4.78, 5) is 14.1. The number of nitrogens with zero attached hydrogens (tertiary/aromatic N) is 3. The third kappa shape index (κ3) is 2.85. The predicted octanol–water partition coefficient (Wildman–Crippen LogP) is 3.32. The van der Waals surface area contributed by atoms with Gasteiger partial charge in [-0.05, 0) is 23.6 Å². The van der Waals surface area contributed by atoms with Gasteiger partial charge in [0.25, 0.3) is 0 Å². The van der Waals surface area contributed by atoms with E-state index in [0.29, 0.717) is 16.6 Å². The zero-order chi connectivity index (χ0) is 13.9. The van der Waals surface area contributed by atoms with Gasteiger partial charge in [-0.2, -0.15) is 0 Å². The maximum Gasteiger partial charge on any atom is 0.152 e. The van der Waals surface area contributed by atoms with E-state index in [9.17, 15) is 0 Å². The van der Waals surface area contributed by atoms with Gasteiger partial charge in [-0.25, -0.2) is 20.8 Å². The first-order chi connectivity index (χ1) is 9.76. The minimum absolute atomic E-state index is 0.622. The summed E-state index contributed by atoms with van der Waals surface area (Å²) in [7, 11) is 0. The van der Waals surface area contributed by atoms with E-state index in [1.807, 2.05) is 23.6 Å². The number of aromatic nitrogens is 3. The molecule has 3 aromatic rings. The summed E-state index contributed by atoms with van der Waals surface area (Å²) < 4.78 is 0. The Morgan fingerprint density at radius 2 is 2.20 bits per heavy atom. The summed E-state index contributed by atoms with van der Waals surface area (Å²) in [5, 5.41) is 4.42. The minimum Gasteiger partial charge on any atom is -0.308 e. The first-order valence-corrected chi connectivity index (χ1v) is 7.95. The van der Waals surface area contributed by atoms with Crippen LogP contribution in [0.15, 0.2) is 34.8 Å². The van der Waals surface area contributed by atoms with Gasteiger partial charge in [-0.3, -0.25) is 0 Å². The lowest BCUT2D eigenvalue weighted by atomic mass is 10.4. The van der Waals surface area contributed by atoms with E-state index in [0.717, 1.165) is 21.1 Å². The number of nitrogens with one attached hydrogen (secondary N) is 1. The van der Waals surface area contributed by atoms with Crippen LogP contribution >= 0.6 is 34.7 Å². The number of thioether (sulfide) groups is 1. The first kappa shape index (κ1) is 13.6. The highest BCUT2D eigenvalue weighted by Gasteiger charge is 2.08. The van der Waals surface area contributed by atoms with E-state index in [1.54, 1.807) is 29.3 Å². The summed E-state index contributed by atoms with van der Waals surface area (Å²) in [6.07, 6.45) is 1.63. The number of hydrazine groups is 1. The molecule has 0 saturated carbocycles. The summed E-state index contributed by atoms with van der Waals surface area (Å²) in [6.45, 7) is 0. The molecule has 102 valence electrons. The van der Waals surface area contributed by atoms with Crippen molar-refractivity contribution in [1.29, 1.82) is 0 Å². The number of hydrogen-bond acceptors (Lipinski definition) is 7. The number of halogens is 1. The van der Waals surface area contributed by atoms with Gasteiger partial charge in [0, 0.05) is 6.20 Å². The summed E-state index contributed by atoms with van der Waals surface area (Å²) in [6, 6.07) is 5.64. The molecule has 5 nitrogen and oxygen atoms in total. The van der Waals surface area contributed by atoms with Gasteiger partial charge in [-0.15, -0.1) is 11.3 Å². The van der Waals surface area contributed by atoms with Crippen LogP contribution in [0, 0.1) is 0 Å². The van der Waals surface area contributed by atoms with Gasteiger partial charge < -0.3 is 5.43 Å². The highest BCUT2D eigenvalue weighted by molar-refractivity contribution is 7.98. The van der Waals surface area contributed by atoms with Crippen LogP contribution in [0.4, 0.5) is 5.82 Å². The molecule has 3 rings (SSSR count). The van der Waals surface area contributed by atoms with Crippen LogP contribution in [0.25, 0.3) is 10.2 Å². The van der Waals surface area contributed by atoms with E-state index in [2.05, 4.69) is 20.4 Å². The van der Waals surface area contributed by atoms with Crippen LogP contribution in [0.2, 0.25) is 5.02 Å². The van der Waals surface area contributed by atoms with E-state index in [1.165, 1.54) is 0 Å². The molecule has 0 aliphatic rings. The number of thiophene rings is 1. The third-order valence-electron chi connectivity index (χ3n) is 2.56. The van der Waals surface area contributed by atoms with E-state index in [4.69, 9.17) is 17.4 Å². The molecule has 3 aromatic heterocycles. The average Bonchev–Trinajstić information content (AvgIpc) is 2.94. The van der Waals surface area contributed by atoms with Gasteiger partial charge in [-0.1, -0.05) is 23.4 Å². The minimum atomic E-state index is 0.622. The highest BCUT2D eigenvalue weighted by atomic mass is 35.5. The van der Waals surface area contributed by atoms with Gasteiger partial charge in [0.15, 0.2) is 5.82 Å². The topological polar surface area (TPSA) is 76.7 Å². The molecular weight excluding hydrogens is 314 g/mol. The van der Waals surface area contributed by atoms with Crippen molar-refractivity contribution >= 4 is 50.7 Å². The number of hydrogen-bond donors (Lipinski definition) is 2. The predicted molar refractivity (Wildman–Crippen MR) is 84.0 cm³/mol. The second kappa shape index (κ2) is 5.92. The molecule has 0 saturated heterocycles. The van der Waals surface area contributed by atoms with Gasteiger partial charge in [0.2, 0.25) is 0 Å². The van der Waals surface area contributed by atoms with Crippen molar-refractivity contribution < 1.29 is 0 Å². The second-order valence-corrected chi connectivity index (χ2v) is 6.20. The molecule has 0 fully saturated rings. The Bertz CT molecular complexity index is 728. The van der Waals surface area contributed by atoms with Crippen molar-refractivity contribution in [2.45, 2.75) is 10.8 Å². The normalized spacial score (nSPS) is 10.9. The van der Waals surface area contributed by atoms with Crippen molar-refractivity contribution in [1.82, 2.24) is 15.0 Å². The smallest absolute Gasteiger partial charge is 0.152 e. The summed E-state index contributed by atoms with van der Waals surface area (Å²) in [5.74, 6) is 7.49. The number of anilines is 1. The maximum absolute atomic E-state index is 5.80. The molecule has 0 amide bonds. The van der Waals surface area contributed by atoms with Crippen molar-refractivity contribution in [3.05, 3.63) is 40.6 Å². The highest BCUT2D eigenvalue weighted by Crippen LogP contribution is 2.27. The zero-order valence-electron chi connectivity index (χ0n) is 10.2. The molecular formula is C12H10ClN5S2. The lowest BCUT2D eigenvalue weighted by Gasteiger charge is -2.05. The fraction of sp³-hybridized carbons (Fsp3) is 0.0833. The molecule has 0 aromatic carbocycles. The molecule has 3 heterocycles. The van der Waals surface area contributed by atoms with E-state index >= 15 is 0 Å². The van der Waals surface area contributed by atoms with Crippen LogP contribution in [-0.4, -0.2) is 15.0 Å². The van der Waals surface area contributed by atoms with Crippen LogP contribution in [0.5, 0.6) is 0 Å². The second-order valence-electron chi connectivity index (χ2n) is 3.88. The maximum atomic E-state index is 5.80. The Morgan fingerprint density at radius 1 is 1.30 bits per heavy atom. The number of nitrogen functional groups attached to an aromatic ring is 1. The zero-order valence-corrected chi connectivity index (χ0v) is 12.6. The van der Waals surface area contributed by atoms with Crippen molar-refractivity contribution in [2.24, 2.45) is 5.84 Å². The van der Waals surface area contributed by atoms with Gasteiger partial charge >= 0.3 is 0 Å². The summed E-state index contributed by atoms with van der Waals surface area (Å²) >= 11 is 8.92. The van der Waals surface area contributed by atoms with E-state index in [-0.39, 0.29) is 0 Å². The summed E-state index contributed by atoms with van der Waals surface area (Å²) in [5.41, 5.74) is 2.62. The van der Waals surface area contributed by atoms with Crippen molar-refractivity contribution in [2.75, 3.05) is 5.43 Å². The first-order valence-electron chi connectivity index (χ1n) is 5.71. The molecule has 0 aliphatic heterocycles. The Hall–Kier alpha value is -1.41. The molecule has 0 unspecified atom stereocenters. The molecule has 0 bridgehead atoms. The number of pyridine rings is 1. The molecule has 20 heavy (non-hydrogen) atoms. The molecule has 0 radical (unpaired) electrons. The quantitative estimate of drug-likeness (QED) is 0.436. The van der Waals surface area contributed by atoms with Crippen LogP contribution < -0.4 is 11.3 Å². The molecule has 0 aliphatic carbocycles. The standard InChI is InChI=1S/C12H10ClN5S2/c13-7-1-2-10(15-5-7)20-6-9-16-11(18-14)8-3-4-19-12(8)17-9/h1-5H,6,14H2,(H,16,17,18).